The molecule has 0 heterocycles. The predicted octanol–water partition coefficient (Wildman–Crippen LogP) is 8.10. The van der Waals surface area contributed by atoms with Gasteiger partial charge in [0, 0.05) is 13.1 Å². The van der Waals surface area contributed by atoms with E-state index in [2.05, 4.69) is 132 Å². The fourth-order valence-electron chi connectivity index (χ4n) is 3.82. The molecule has 178 valence electrons. The van der Waals surface area contributed by atoms with E-state index in [0.717, 1.165) is 13.1 Å². The third-order valence-corrected chi connectivity index (χ3v) is 5.39. The number of hydrogen-bond donors (Lipinski definition) is 2. The molecule has 0 aromatic heterocycles. The van der Waals surface area contributed by atoms with Crippen LogP contribution in [0.15, 0.2) is 121 Å². The lowest BCUT2D eigenvalue weighted by Crippen LogP contribution is -2.35. The average molecular weight is 453 g/mol. The lowest BCUT2D eigenvalue weighted by atomic mass is 9.92. The third kappa shape index (κ3) is 8.62. The molecule has 2 unspecified atom stereocenters. The second kappa shape index (κ2) is 16.4. The molecule has 2 atom stereocenters. The highest BCUT2D eigenvalue weighted by molar-refractivity contribution is 5.28. The zero-order valence-electron chi connectivity index (χ0n) is 21.1. The van der Waals surface area contributed by atoms with E-state index in [0.29, 0.717) is 0 Å². The summed E-state index contributed by atoms with van der Waals surface area (Å²) >= 11 is 0. The standard InChI is InChI=1S/C28H28N2.2C2H6/c1-5-13-23(14-6-1)21-29-27(25-17-9-3-10-18-25)28(26-19-11-4-12-20-26)30-22-24-15-7-2-8-16-24;2*1-2/h1-20,27-30H,21-22H2;2*1-2H3. The van der Waals surface area contributed by atoms with Crippen molar-refractivity contribution in [3.05, 3.63) is 144 Å². The molecule has 4 aromatic rings. The van der Waals surface area contributed by atoms with Crippen LogP contribution in [0.25, 0.3) is 0 Å². The molecule has 4 aromatic carbocycles. The van der Waals surface area contributed by atoms with Crippen molar-refractivity contribution in [1.82, 2.24) is 10.6 Å². The third-order valence-electron chi connectivity index (χ3n) is 5.39. The maximum Gasteiger partial charge on any atom is 0.0521 e. The molecule has 0 amide bonds. The first-order valence-corrected chi connectivity index (χ1v) is 12.5. The highest BCUT2D eigenvalue weighted by atomic mass is 15.0. The highest BCUT2D eigenvalue weighted by Crippen LogP contribution is 2.30. The fourth-order valence-corrected chi connectivity index (χ4v) is 3.82. The minimum Gasteiger partial charge on any atom is -0.304 e. The van der Waals surface area contributed by atoms with Crippen LogP contribution in [0, 0.1) is 0 Å². The summed E-state index contributed by atoms with van der Waals surface area (Å²) in [5.41, 5.74) is 5.13. The second-order valence-electron chi connectivity index (χ2n) is 7.51. The van der Waals surface area contributed by atoms with E-state index in [1.807, 2.05) is 27.7 Å². The highest BCUT2D eigenvalue weighted by Gasteiger charge is 2.24. The van der Waals surface area contributed by atoms with Gasteiger partial charge in [-0.1, -0.05) is 149 Å². The Labute approximate surface area is 207 Å². The first-order valence-electron chi connectivity index (χ1n) is 12.5. The summed E-state index contributed by atoms with van der Waals surface area (Å²) in [6.45, 7) is 9.63. The molecular weight excluding hydrogens is 412 g/mol. The minimum atomic E-state index is 0.137. The number of nitrogens with one attached hydrogen (secondary N) is 2. The number of benzene rings is 4. The molecule has 0 aliphatic heterocycles. The van der Waals surface area contributed by atoms with E-state index in [1.54, 1.807) is 0 Å². The molecule has 0 radical (unpaired) electrons. The van der Waals surface area contributed by atoms with Crippen molar-refractivity contribution >= 4 is 0 Å². The quantitative estimate of drug-likeness (QED) is 0.268. The van der Waals surface area contributed by atoms with E-state index < -0.39 is 0 Å². The average Bonchev–Trinajstić information content (AvgIpc) is 2.95. The van der Waals surface area contributed by atoms with Crippen molar-refractivity contribution in [3.8, 4) is 0 Å². The van der Waals surface area contributed by atoms with Gasteiger partial charge < -0.3 is 10.6 Å². The summed E-state index contributed by atoms with van der Waals surface area (Å²) in [4.78, 5) is 0. The molecule has 0 saturated heterocycles. The zero-order chi connectivity index (χ0) is 24.4. The summed E-state index contributed by atoms with van der Waals surface area (Å²) in [5, 5.41) is 7.65. The van der Waals surface area contributed by atoms with E-state index in [-0.39, 0.29) is 12.1 Å². The van der Waals surface area contributed by atoms with Crippen LogP contribution >= 0.6 is 0 Å². The Bertz CT molecular complexity index is 901. The van der Waals surface area contributed by atoms with Gasteiger partial charge in [-0.25, -0.2) is 0 Å². The van der Waals surface area contributed by atoms with Gasteiger partial charge in [-0.05, 0) is 22.3 Å². The molecule has 0 fully saturated rings. The summed E-state index contributed by atoms with van der Waals surface area (Å²) in [7, 11) is 0. The molecule has 4 rings (SSSR count). The molecule has 0 aliphatic rings. The Hall–Kier alpha value is -3.20. The summed E-state index contributed by atoms with van der Waals surface area (Å²) in [6.07, 6.45) is 0. The molecule has 0 spiro atoms. The van der Waals surface area contributed by atoms with Crippen LogP contribution in [0.2, 0.25) is 0 Å². The molecule has 2 nitrogen and oxygen atoms in total. The lowest BCUT2D eigenvalue weighted by molar-refractivity contribution is 0.381. The molecule has 2 N–H and O–H groups in total. The van der Waals surface area contributed by atoms with E-state index in [4.69, 9.17) is 0 Å². The van der Waals surface area contributed by atoms with Crippen LogP contribution in [0.4, 0.5) is 0 Å². The Balaban J connectivity index is 0.000000970. The maximum atomic E-state index is 3.82. The molecule has 2 heteroatoms. The van der Waals surface area contributed by atoms with Gasteiger partial charge in [0.05, 0.1) is 12.1 Å². The second-order valence-corrected chi connectivity index (χ2v) is 7.51. The Morgan fingerprint density at radius 3 is 0.971 bits per heavy atom. The van der Waals surface area contributed by atoms with E-state index in [9.17, 15) is 0 Å². The van der Waals surface area contributed by atoms with Gasteiger partial charge >= 0.3 is 0 Å². The van der Waals surface area contributed by atoms with Crippen molar-refractivity contribution < 1.29 is 0 Å². The van der Waals surface area contributed by atoms with Gasteiger partial charge in [0.1, 0.15) is 0 Å². The van der Waals surface area contributed by atoms with E-state index in [1.165, 1.54) is 22.3 Å². The molecule has 0 aliphatic carbocycles. The summed E-state index contributed by atoms with van der Waals surface area (Å²) in [6, 6.07) is 42.9. The van der Waals surface area contributed by atoms with Gasteiger partial charge in [0.15, 0.2) is 0 Å². The number of rotatable bonds is 9. The SMILES string of the molecule is CC.CC.c1ccc(CNC(c2ccccc2)C(NCc2ccccc2)c2ccccc2)cc1. The first kappa shape index (κ1) is 27.0. The summed E-state index contributed by atoms with van der Waals surface area (Å²) < 4.78 is 0. The van der Waals surface area contributed by atoms with Crippen molar-refractivity contribution in [2.24, 2.45) is 0 Å². The van der Waals surface area contributed by atoms with Gasteiger partial charge in [-0.2, -0.15) is 0 Å². The molecule has 34 heavy (non-hydrogen) atoms. The Kier molecular flexibility index (Phi) is 13.1. The molecule has 0 bridgehead atoms. The van der Waals surface area contributed by atoms with Gasteiger partial charge in [-0.15, -0.1) is 0 Å². The van der Waals surface area contributed by atoms with Crippen LogP contribution in [-0.4, -0.2) is 0 Å². The monoisotopic (exact) mass is 452 g/mol. The maximum absolute atomic E-state index is 3.82. The first-order chi connectivity index (χ1) is 16.9. The van der Waals surface area contributed by atoms with Gasteiger partial charge in [0.25, 0.3) is 0 Å². The van der Waals surface area contributed by atoms with Crippen LogP contribution in [0.1, 0.15) is 62.0 Å². The van der Waals surface area contributed by atoms with Crippen LogP contribution in [0.3, 0.4) is 0 Å². The van der Waals surface area contributed by atoms with E-state index >= 15 is 0 Å². The van der Waals surface area contributed by atoms with Gasteiger partial charge in [0.2, 0.25) is 0 Å². The number of hydrogen-bond acceptors (Lipinski definition) is 2. The summed E-state index contributed by atoms with van der Waals surface area (Å²) in [5.74, 6) is 0. The van der Waals surface area contributed by atoms with Crippen molar-refractivity contribution in [3.63, 3.8) is 0 Å². The van der Waals surface area contributed by atoms with Crippen molar-refractivity contribution in [2.45, 2.75) is 52.9 Å². The van der Waals surface area contributed by atoms with Crippen molar-refractivity contribution in [2.75, 3.05) is 0 Å². The van der Waals surface area contributed by atoms with Crippen LogP contribution in [-0.2, 0) is 13.1 Å². The normalized spacial score (nSPS) is 11.8. The fraction of sp³-hybridized carbons (Fsp3) is 0.250. The molecule has 0 saturated carbocycles. The minimum absolute atomic E-state index is 0.137. The molecular formula is C32H40N2. The Morgan fingerprint density at radius 2 is 0.676 bits per heavy atom. The zero-order valence-corrected chi connectivity index (χ0v) is 21.1. The smallest absolute Gasteiger partial charge is 0.0521 e. The van der Waals surface area contributed by atoms with Crippen LogP contribution < -0.4 is 10.6 Å². The largest absolute Gasteiger partial charge is 0.304 e. The van der Waals surface area contributed by atoms with Gasteiger partial charge in [-0.3, -0.25) is 0 Å². The predicted molar refractivity (Wildman–Crippen MR) is 148 cm³/mol. The topological polar surface area (TPSA) is 24.1 Å². The van der Waals surface area contributed by atoms with Crippen LogP contribution in [0.5, 0.6) is 0 Å². The Morgan fingerprint density at radius 1 is 0.412 bits per heavy atom. The van der Waals surface area contributed by atoms with Crippen molar-refractivity contribution in [1.29, 1.82) is 0 Å². The lowest BCUT2D eigenvalue weighted by Gasteiger charge is -2.30.